The number of non-ortho nitro benzene ring substituents is 1. The second-order valence-electron chi connectivity index (χ2n) is 8.47. The van der Waals surface area contributed by atoms with Gasteiger partial charge in [0.25, 0.3) is 5.69 Å². The molecular weight excluding hydrogens is 462 g/mol. The Morgan fingerprint density at radius 2 is 2.10 bits per heavy atom. The predicted molar refractivity (Wildman–Crippen MR) is 121 cm³/mol. The maximum atomic E-state index is 12.5. The number of hydrogen-bond acceptors (Lipinski definition) is 5. The summed E-state index contributed by atoms with van der Waals surface area (Å²) in [5, 5.41) is 14.9. The number of hydrazone groups is 1. The minimum Gasteiger partial charge on any atom is -0.488 e. The monoisotopic (exact) mass is 485 g/mol. The molecule has 2 aromatic rings. The van der Waals surface area contributed by atoms with Crippen LogP contribution in [0.5, 0.6) is 5.75 Å². The van der Waals surface area contributed by atoms with Crippen LogP contribution in [0.4, 0.5) is 5.69 Å². The van der Waals surface area contributed by atoms with E-state index in [0.717, 1.165) is 28.4 Å². The first-order valence-electron chi connectivity index (χ1n) is 10.4. The Labute approximate surface area is 189 Å². The van der Waals surface area contributed by atoms with Crippen molar-refractivity contribution in [3.05, 3.63) is 68.2 Å². The highest BCUT2D eigenvalue weighted by Crippen LogP contribution is 2.66. The third-order valence-electron chi connectivity index (χ3n) is 6.50. The summed E-state index contributed by atoms with van der Waals surface area (Å²) in [6.45, 7) is 2.51. The number of carbonyl (C=O) groups is 1. The average molecular weight is 486 g/mol. The Balaban J connectivity index is 1.30. The molecule has 0 radical (unpaired) electrons. The van der Waals surface area contributed by atoms with Crippen LogP contribution >= 0.6 is 15.9 Å². The molecule has 0 heterocycles. The normalized spacial score (nSPS) is 24.5. The number of carbonyl (C=O) groups excluding carboxylic acids is 1. The van der Waals surface area contributed by atoms with E-state index < -0.39 is 4.92 Å². The molecule has 31 heavy (non-hydrogen) atoms. The van der Waals surface area contributed by atoms with Crippen molar-refractivity contribution in [1.29, 1.82) is 0 Å². The predicted octanol–water partition coefficient (Wildman–Crippen LogP) is 5.21. The number of hydrogen-bond donors (Lipinski definition) is 1. The number of amides is 1. The second kappa shape index (κ2) is 8.78. The molecule has 2 fully saturated rings. The Morgan fingerprint density at radius 3 is 2.74 bits per heavy atom. The van der Waals surface area contributed by atoms with Gasteiger partial charge in [-0.15, -0.1) is 0 Å². The Morgan fingerprint density at radius 1 is 1.32 bits per heavy atom. The zero-order valence-electron chi connectivity index (χ0n) is 17.2. The van der Waals surface area contributed by atoms with E-state index in [1.807, 2.05) is 18.2 Å². The Kier molecular flexibility index (Phi) is 6.09. The summed E-state index contributed by atoms with van der Waals surface area (Å²) in [4.78, 5) is 22.8. The van der Waals surface area contributed by atoms with Crippen LogP contribution in [0.25, 0.3) is 0 Å². The molecule has 0 aliphatic heterocycles. The summed E-state index contributed by atoms with van der Waals surface area (Å²) in [5.74, 6) is 1.27. The maximum absolute atomic E-state index is 12.5. The molecule has 2 aromatic carbocycles. The highest BCUT2D eigenvalue weighted by molar-refractivity contribution is 9.10. The van der Waals surface area contributed by atoms with E-state index in [0.29, 0.717) is 18.3 Å². The summed E-state index contributed by atoms with van der Waals surface area (Å²) in [7, 11) is 0. The van der Waals surface area contributed by atoms with E-state index in [4.69, 9.17) is 4.74 Å². The molecule has 0 unspecified atom stereocenters. The molecule has 3 atom stereocenters. The fraction of sp³-hybridized carbons (Fsp3) is 0.391. The fourth-order valence-corrected chi connectivity index (χ4v) is 5.19. The minimum absolute atomic E-state index is 0.0211. The van der Waals surface area contributed by atoms with E-state index in [1.54, 1.807) is 18.3 Å². The molecule has 0 bridgehead atoms. The number of benzene rings is 2. The van der Waals surface area contributed by atoms with Crippen LogP contribution in [-0.4, -0.2) is 17.0 Å². The van der Waals surface area contributed by atoms with Crippen LogP contribution in [0.2, 0.25) is 0 Å². The summed E-state index contributed by atoms with van der Waals surface area (Å²) < 4.78 is 6.55. The van der Waals surface area contributed by atoms with Gasteiger partial charge in [0, 0.05) is 18.1 Å². The summed E-state index contributed by atoms with van der Waals surface area (Å²) in [5.41, 5.74) is 4.59. The molecule has 7 nitrogen and oxygen atoms in total. The number of halogens is 1. The molecule has 4 rings (SSSR count). The van der Waals surface area contributed by atoms with Crippen LogP contribution in [0.1, 0.15) is 43.7 Å². The summed E-state index contributed by atoms with van der Waals surface area (Å²) >= 11 is 3.49. The number of nitro groups is 1. The van der Waals surface area contributed by atoms with Gasteiger partial charge in [-0.05, 0) is 81.6 Å². The highest BCUT2D eigenvalue weighted by Gasteiger charge is 2.64. The molecule has 8 heteroatoms. The smallest absolute Gasteiger partial charge is 0.269 e. The van der Waals surface area contributed by atoms with E-state index in [2.05, 4.69) is 33.4 Å². The molecule has 0 spiro atoms. The van der Waals surface area contributed by atoms with Crippen LogP contribution in [0.15, 0.2) is 52.0 Å². The first-order valence-corrected chi connectivity index (χ1v) is 11.2. The van der Waals surface area contributed by atoms with Gasteiger partial charge >= 0.3 is 0 Å². The van der Waals surface area contributed by atoms with Crippen LogP contribution in [-0.2, 0) is 11.4 Å². The third kappa shape index (κ3) is 4.63. The largest absolute Gasteiger partial charge is 0.488 e. The van der Waals surface area contributed by atoms with Crippen molar-refractivity contribution in [3.8, 4) is 5.75 Å². The molecule has 0 saturated heterocycles. The molecule has 2 aliphatic rings. The zero-order chi connectivity index (χ0) is 22.0. The topological polar surface area (TPSA) is 93.8 Å². The lowest BCUT2D eigenvalue weighted by Crippen LogP contribution is -2.22. The lowest BCUT2D eigenvalue weighted by atomic mass is 9.90. The van der Waals surface area contributed by atoms with Gasteiger partial charge in [-0.2, -0.15) is 5.10 Å². The first kappa shape index (κ1) is 21.5. The van der Waals surface area contributed by atoms with Crippen molar-refractivity contribution in [2.75, 3.05) is 0 Å². The Bertz CT molecular complexity index is 1020. The van der Waals surface area contributed by atoms with Gasteiger partial charge in [-0.25, -0.2) is 5.43 Å². The third-order valence-corrected chi connectivity index (χ3v) is 7.12. The first-order chi connectivity index (χ1) is 14.9. The average Bonchev–Trinajstić information content (AvgIpc) is 3.39. The molecule has 1 N–H and O–H groups in total. The van der Waals surface area contributed by atoms with Gasteiger partial charge in [0.15, 0.2) is 0 Å². The van der Waals surface area contributed by atoms with Crippen molar-refractivity contribution in [2.24, 2.45) is 22.4 Å². The lowest BCUT2D eigenvalue weighted by Gasteiger charge is -2.15. The molecule has 162 valence electrons. The van der Waals surface area contributed by atoms with Gasteiger partial charge in [-0.3, -0.25) is 14.9 Å². The Hall–Kier alpha value is -2.74. The van der Waals surface area contributed by atoms with Crippen molar-refractivity contribution in [2.45, 2.75) is 39.2 Å². The molecular formula is C23H24BrN3O4. The highest BCUT2D eigenvalue weighted by atomic mass is 79.9. The van der Waals surface area contributed by atoms with Gasteiger partial charge in [0.2, 0.25) is 5.91 Å². The fourth-order valence-electron chi connectivity index (χ4n) is 4.68. The molecule has 0 aromatic heterocycles. The molecule has 1 amide bonds. The maximum Gasteiger partial charge on any atom is 0.269 e. The van der Waals surface area contributed by atoms with Crippen molar-refractivity contribution < 1.29 is 14.5 Å². The zero-order valence-corrected chi connectivity index (χ0v) is 18.8. The lowest BCUT2D eigenvalue weighted by molar-refractivity contribution is -0.384. The van der Waals surface area contributed by atoms with E-state index in [-0.39, 0.29) is 22.9 Å². The number of nitrogens with one attached hydrogen (secondary N) is 1. The van der Waals surface area contributed by atoms with Gasteiger partial charge in [0.05, 0.1) is 15.6 Å². The van der Waals surface area contributed by atoms with Crippen LogP contribution < -0.4 is 10.2 Å². The van der Waals surface area contributed by atoms with E-state index in [9.17, 15) is 14.9 Å². The van der Waals surface area contributed by atoms with Gasteiger partial charge < -0.3 is 4.74 Å². The minimum atomic E-state index is -0.429. The van der Waals surface area contributed by atoms with Crippen molar-refractivity contribution in [1.82, 2.24) is 5.43 Å². The van der Waals surface area contributed by atoms with E-state index >= 15 is 0 Å². The SMILES string of the molecule is C[C@]12CCCC[C@H]1[C@H]2C(=O)N/N=C\c1ccc(OCc2ccc([N+](=O)[O-])cc2)c(Br)c1. The number of nitrogens with zero attached hydrogens (tertiary/aromatic N) is 2. The summed E-state index contributed by atoms with van der Waals surface area (Å²) in [6.07, 6.45) is 6.34. The number of nitro benzene ring substituents is 1. The van der Waals surface area contributed by atoms with Gasteiger partial charge in [0.1, 0.15) is 12.4 Å². The van der Waals surface area contributed by atoms with Crippen molar-refractivity contribution >= 4 is 33.7 Å². The number of fused-ring (bicyclic) bond motifs is 1. The van der Waals surface area contributed by atoms with Crippen LogP contribution in [0, 0.1) is 27.4 Å². The summed E-state index contributed by atoms with van der Waals surface area (Å²) in [6, 6.07) is 11.8. The standard InChI is InChI=1S/C23H24BrN3O4/c1-23-11-3-2-4-18(23)21(23)22(28)26-25-13-16-7-10-20(19(24)12-16)31-14-15-5-8-17(9-6-15)27(29)30/h5-10,12-13,18,21H,2-4,11,14H2,1H3,(H,26,28)/b25-13-/t18-,21-,23-/m0/s1. The quantitative estimate of drug-likeness (QED) is 0.330. The number of ether oxygens (including phenoxy) is 1. The molecule has 2 aliphatic carbocycles. The molecule has 2 saturated carbocycles. The van der Waals surface area contributed by atoms with Crippen LogP contribution in [0.3, 0.4) is 0 Å². The van der Waals surface area contributed by atoms with E-state index in [1.165, 1.54) is 25.0 Å². The van der Waals surface area contributed by atoms with Crippen molar-refractivity contribution in [3.63, 3.8) is 0 Å². The second-order valence-corrected chi connectivity index (χ2v) is 9.33. The number of rotatable bonds is 7. The van der Waals surface area contributed by atoms with Gasteiger partial charge in [-0.1, -0.05) is 19.8 Å².